The lowest BCUT2D eigenvalue weighted by molar-refractivity contribution is 0.141. The Kier molecular flexibility index (Phi) is 10.3. The number of rotatable bonds is 2. The summed E-state index contributed by atoms with van der Waals surface area (Å²) in [4.78, 5) is 0. The van der Waals surface area contributed by atoms with E-state index in [2.05, 4.69) is 90.0 Å². The molecule has 0 amide bonds. The molecule has 0 aliphatic heterocycles. The van der Waals surface area contributed by atoms with Gasteiger partial charge in [0.1, 0.15) is 0 Å². The van der Waals surface area contributed by atoms with E-state index >= 15 is 0 Å². The molecule has 6 aliphatic rings. The average molecular weight is 625 g/mol. The predicted molar refractivity (Wildman–Crippen MR) is 191 cm³/mol. The fourth-order valence-corrected chi connectivity index (χ4v) is 11.7. The summed E-state index contributed by atoms with van der Waals surface area (Å²) in [5, 5.41) is 30.6. The molecule has 0 saturated heterocycles. The molecule has 6 unspecified atom stereocenters. The molecule has 3 nitrogen and oxygen atoms in total. The van der Waals surface area contributed by atoms with Crippen LogP contribution in [0.1, 0.15) is 173 Å². The van der Waals surface area contributed by atoms with Crippen molar-refractivity contribution >= 4 is 0 Å². The lowest BCUT2D eigenvalue weighted by Crippen LogP contribution is -2.30. The minimum Gasteiger partial charge on any atom is -0.389 e. The number of hydrogen-bond donors (Lipinski definition) is 3. The molecule has 0 saturated carbocycles. The van der Waals surface area contributed by atoms with Crippen molar-refractivity contribution in [2.45, 2.75) is 192 Å². The summed E-state index contributed by atoms with van der Waals surface area (Å²) in [5.41, 5.74) is 10.5. The van der Waals surface area contributed by atoms with Gasteiger partial charge in [-0.15, -0.1) is 0 Å². The standard InChI is InChI=1S/3C14H24O/c1-9-13(2,3)10-7-6-8-11(15)12(10)14(9,4)5;1-5-14(4)9-13(2,3)12-10(14)7-6-8-11(12)15;1-5-14(4)9-13(2,3)10-7-6-8-11(15)12(10)14/h9,11,15H,6-8H2,1-5H3;2*11,15H,5-9H2,1-4H3. The van der Waals surface area contributed by atoms with Crippen LogP contribution < -0.4 is 0 Å². The van der Waals surface area contributed by atoms with E-state index in [0.717, 1.165) is 32.1 Å². The normalized spacial score (nSPS) is 38.9. The zero-order valence-corrected chi connectivity index (χ0v) is 31.8. The van der Waals surface area contributed by atoms with Crippen molar-refractivity contribution in [3.8, 4) is 0 Å². The van der Waals surface area contributed by atoms with Crippen LogP contribution in [0.25, 0.3) is 0 Å². The van der Waals surface area contributed by atoms with Crippen LogP contribution in [0.15, 0.2) is 33.4 Å². The molecule has 0 spiro atoms. The van der Waals surface area contributed by atoms with Crippen molar-refractivity contribution < 1.29 is 15.3 Å². The summed E-state index contributed by atoms with van der Waals surface area (Å²) in [6.45, 7) is 30.2. The van der Waals surface area contributed by atoms with Gasteiger partial charge in [0.05, 0.1) is 18.3 Å². The molecule has 45 heavy (non-hydrogen) atoms. The number of aliphatic hydroxyl groups excluding tert-OH is 3. The van der Waals surface area contributed by atoms with Crippen LogP contribution >= 0.6 is 0 Å². The molecule has 6 atom stereocenters. The Morgan fingerprint density at radius 1 is 0.511 bits per heavy atom. The molecule has 0 radical (unpaired) electrons. The van der Waals surface area contributed by atoms with Crippen molar-refractivity contribution in [2.24, 2.45) is 38.4 Å². The number of allylic oxidation sites excluding steroid dienone is 3. The highest BCUT2D eigenvalue weighted by Crippen LogP contribution is 2.62. The Bertz CT molecular complexity index is 1190. The highest BCUT2D eigenvalue weighted by atomic mass is 16.3. The fourth-order valence-electron chi connectivity index (χ4n) is 11.7. The maximum atomic E-state index is 10.2. The van der Waals surface area contributed by atoms with E-state index in [9.17, 15) is 15.3 Å². The van der Waals surface area contributed by atoms with Crippen LogP contribution in [-0.4, -0.2) is 33.6 Å². The number of hydrogen-bond acceptors (Lipinski definition) is 3. The molecule has 3 N–H and O–H groups in total. The van der Waals surface area contributed by atoms with Gasteiger partial charge >= 0.3 is 0 Å². The summed E-state index contributed by atoms with van der Waals surface area (Å²) in [5.74, 6) is 0.628. The first kappa shape index (κ1) is 36.9. The quantitative estimate of drug-likeness (QED) is 0.268. The smallest absolute Gasteiger partial charge is 0.0758 e. The molecule has 0 aromatic rings. The minimum absolute atomic E-state index is 0.152. The van der Waals surface area contributed by atoms with Crippen LogP contribution in [0.4, 0.5) is 0 Å². The van der Waals surface area contributed by atoms with Gasteiger partial charge in [-0.25, -0.2) is 0 Å². The first-order valence-corrected chi connectivity index (χ1v) is 18.9. The Labute approximate surface area is 278 Å². The zero-order chi connectivity index (χ0) is 34.0. The first-order valence-electron chi connectivity index (χ1n) is 18.9. The average Bonchev–Trinajstić information content (AvgIpc) is 3.37. The third-order valence-electron chi connectivity index (χ3n) is 14.5. The topological polar surface area (TPSA) is 60.7 Å². The second kappa shape index (κ2) is 12.5. The molecular weight excluding hydrogens is 552 g/mol. The summed E-state index contributed by atoms with van der Waals surface area (Å²) >= 11 is 0. The monoisotopic (exact) mass is 625 g/mol. The molecule has 0 bridgehead atoms. The van der Waals surface area contributed by atoms with Gasteiger partial charge in [-0.1, -0.05) is 107 Å². The van der Waals surface area contributed by atoms with E-state index in [0.29, 0.717) is 16.7 Å². The maximum absolute atomic E-state index is 10.2. The highest BCUT2D eigenvalue weighted by molar-refractivity contribution is 5.40. The minimum atomic E-state index is -0.173. The van der Waals surface area contributed by atoms with Crippen molar-refractivity contribution in [3.63, 3.8) is 0 Å². The molecule has 0 heterocycles. The van der Waals surface area contributed by atoms with Crippen molar-refractivity contribution in [1.29, 1.82) is 0 Å². The Morgan fingerprint density at radius 3 is 1.42 bits per heavy atom. The van der Waals surface area contributed by atoms with Crippen molar-refractivity contribution in [3.05, 3.63) is 33.4 Å². The second-order valence-electron chi connectivity index (χ2n) is 19.0. The largest absolute Gasteiger partial charge is 0.389 e. The van der Waals surface area contributed by atoms with Gasteiger partial charge in [0.15, 0.2) is 0 Å². The number of aliphatic hydroxyl groups is 3. The van der Waals surface area contributed by atoms with E-state index in [1.54, 1.807) is 16.7 Å². The molecular formula is C42H72O3. The Morgan fingerprint density at radius 2 is 0.933 bits per heavy atom. The van der Waals surface area contributed by atoms with Crippen LogP contribution in [0.2, 0.25) is 0 Å². The maximum Gasteiger partial charge on any atom is 0.0758 e. The molecule has 6 rings (SSSR count). The summed E-state index contributed by atoms with van der Waals surface area (Å²) < 4.78 is 0. The van der Waals surface area contributed by atoms with Gasteiger partial charge in [0.2, 0.25) is 0 Å². The summed E-state index contributed by atoms with van der Waals surface area (Å²) in [6, 6.07) is 0. The van der Waals surface area contributed by atoms with Crippen LogP contribution in [0.5, 0.6) is 0 Å². The Hall–Kier alpha value is -0.900. The molecule has 3 heteroatoms. The van der Waals surface area contributed by atoms with E-state index < -0.39 is 0 Å². The van der Waals surface area contributed by atoms with Crippen molar-refractivity contribution in [2.75, 3.05) is 0 Å². The van der Waals surface area contributed by atoms with Gasteiger partial charge in [0, 0.05) is 0 Å². The van der Waals surface area contributed by atoms with Gasteiger partial charge in [-0.2, -0.15) is 0 Å². The first-order chi connectivity index (χ1) is 20.6. The molecule has 6 aliphatic carbocycles. The van der Waals surface area contributed by atoms with Crippen LogP contribution in [0.3, 0.4) is 0 Å². The lowest BCUT2D eigenvalue weighted by atomic mass is 9.69. The van der Waals surface area contributed by atoms with Gasteiger partial charge in [0.25, 0.3) is 0 Å². The summed E-state index contributed by atoms with van der Waals surface area (Å²) in [6.07, 6.45) is 14.4. The third kappa shape index (κ3) is 6.35. The SMILES string of the molecule is CC1C(C)(C)C2=C(C(O)CCC2)C1(C)C.CCC1(C)CC(C)(C)C2=C1C(O)CCC2.CCC1(C)CC(C)(C)C2=C1CCCC2O. The van der Waals surface area contributed by atoms with E-state index in [1.807, 2.05) is 0 Å². The zero-order valence-electron chi connectivity index (χ0n) is 31.8. The molecule has 0 aromatic heterocycles. The van der Waals surface area contributed by atoms with Gasteiger partial charge in [-0.05, 0) is 139 Å². The van der Waals surface area contributed by atoms with E-state index in [1.165, 1.54) is 68.1 Å². The third-order valence-corrected chi connectivity index (χ3v) is 14.5. The van der Waals surface area contributed by atoms with Crippen LogP contribution in [0, 0.1) is 38.4 Å². The van der Waals surface area contributed by atoms with Crippen molar-refractivity contribution in [1.82, 2.24) is 0 Å². The van der Waals surface area contributed by atoms with Crippen LogP contribution in [-0.2, 0) is 0 Å². The molecule has 0 aromatic carbocycles. The molecule has 258 valence electrons. The predicted octanol–water partition coefficient (Wildman–Crippen LogP) is 10.9. The highest BCUT2D eigenvalue weighted by Gasteiger charge is 2.53. The fraction of sp³-hybridized carbons (Fsp3) is 0.857. The second-order valence-corrected chi connectivity index (χ2v) is 19.0. The summed E-state index contributed by atoms with van der Waals surface area (Å²) in [7, 11) is 0. The molecule has 0 fully saturated rings. The van der Waals surface area contributed by atoms with Gasteiger partial charge in [-0.3, -0.25) is 0 Å². The lowest BCUT2D eigenvalue weighted by Gasteiger charge is -2.35. The van der Waals surface area contributed by atoms with E-state index in [-0.39, 0.29) is 40.0 Å². The van der Waals surface area contributed by atoms with Gasteiger partial charge < -0.3 is 15.3 Å². The Balaban J connectivity index is 0.000000154. The van der Waals surface area contributed by atoms with E-state index in [4.69, 9.17) is 0 Å².